The number of carbonyl (C=O) groups is 1. The first-order valence-electron chi connectivity index (χ1n) is 14.0. The van der Waals surface area contributed by atoms with E-state index >= 15 is 0 Å². The van der Waals surface area contributed by atoms with Crippen molar-refractivity contribution in [2.45, 2.75) is 122 Å². The van der Waals surface area contributed by atoms with Gasteiger partial charge in [-0.05, 0) is 6.42 Å². The van der Waals surface area contributed by atoms with Gasteiger partial charge >= 0.3 is 6.09 Å². The van der Waals surface area contributed by atoms with E-state index < -0.39 is 0 Å². The number of carbonyl (C=O) groups excluding carboxylic acids is 1. The molecule has 34 heavy (non-hydrogen) atoms. The van der Waals surface area contributed by atoms with Gasteiger partial charge in [-0.1, -0.05) is 134 Å². The molecule has 0 unspecified atom stereocenters. The number of ether oxygens (including phenoxy) is 3. The van der Waals surface area contributed by atoms with E-state index in [-0.39, 0.29) is 18.5 Å². The Bertz CT molecular complexity index is 601. The number of rotatable bonds is 19. The van der Waals surface area contributed by atoms with Crippen molar-refractivity contribution in [2.75, 3.05) is 19.8 Å². The molecule has 1 aliphatic rings. The van der Waals surface area contributed by atoms with Crippen molar-refractivity contribution in [3.63, 3.8) is 0 Å². The van der Waals surface area contributed by atoms with Crippen LogP contribution in [0.25, 0.3) is 0 Å². The Balaban J connectivity index is 1.31. The van der Waals surface area contributed by atoms with Crippen LogP contribution in [0.2, 0.25) is 0 Å². The smallest absolute Gasteiger partial charge is 0.407 e. The van der Waals surface area contributed by atoms with Gasteiger partial charge in [-0.25, -0.2) is 4.79 Å². The van der Waals surface area contributed by atoms with Crippen LogP contribution in [0.1, 0.15) is 122 Å². The number of hydrogen-bond donors (Lipinski definition) is 1. The van der Waals surface area contributed by atoms with Crippen LogP contribution in [-0.2, 0) is 14.2 Å². The molecule has 5 nitrogen and oxygen atoms in total. The summed E-state index contributed by atoms with van der Waals surface area (Å²) in [4.78, 5) is 12.0. The standard InChI is InChI=1S/C29H49NO4/c1-2-3-4-5-6-7-8-9-10-11-12-13-14-15-16-20-23-30-29(31)34-27-24-32-28(33-25-27)26-21-18-17-19-22-26/h17-19,21-22,27-28H,2-16,20,23-25H2,1H3,(H,30,31). The van der Waals surface area contributed by atoms with Crippen LogP contribution >= 0.6 is 0 Å². The normalized spacial score (nSPS) is 18.0. The second-order valence-electron chi connectivity index (χ2n) is 9.67. The lowest BCUT2D eigenvalue weighted by molar-refractivity contribution is -0.220. The molecule has 0 aromatic heterocycles. The summed E-state index contributed by atoms with van der Waals surface area (Å²) in [6.45, 7) is 3.65. The van der Waals surface area contributed by atoms with Gasteiger partial charge in [0.1, 0.15) is 0 Å². The predicted octanol–water partition coefficient (Wildman–Crippen LogP) is 8.09. The second-order valence-corrected chi connectivity index (χ2v) is 9.67. The summed E-state index contributed by atoms with van der Waals surface area (Å²) in [5.74, 6) is 0. The number of amides is 1. The van der Waals surface area contributed by atoms with Crippen molar-refractivity contribution >= 4 is 6.09 Å². The number of hydrogen-bond acceptors (Lipinski definition) is 4. The van der Waals surface area contributed by atoms with E-state index in [1.54, 1.807) is 0 Å². The number of benzene rings is 1. The van der Waals surface area contributed by atoms with Crippen molar-refractivity contribution in [1.82, 2.24) is 5.32 Å². The number of unbranched alkanes of at least 4 members (excludes halogenated alkanes) is 15. The highest BCUT2D eigenvalue weighted by Gasteiger charge is 2.25. The molecular weight excluding hydrogens is 426 g/mol. The van der Waals surface area contributed by atoms with Crippen LogP contribution < -0.4 is 5.32 Å². The fourth-order valence-corrected chi connectivity index (χ4v) is 4.41. The van der Waals surface area contributed by atoms with Gasteiger partial charge in [-0.15, -0.1) is 0 Å². The Hall–Kier alpha value is -1.59. The zero-order valence-corrected chi connectivity index (χ0v) is 21.6. The minimum absolute atomic E-state index is 0.353. The zero-order valence-electron chi connectivity index (χ0n) is 21.6. The Morgan fingerprint density at radius 1 is 0.765 bits per heavy atom. The molecule has 2 rings (SSSR count). The van der Waals surface area contributed by atoms with Crippen molar-refractivity contribution in [3.8, 4) is 0 Å². The molecule has 0 saturated carbocycles. The molecule has 0 aliphatic carbocycles. The molecule has 1 saturated heterocycles. The van der Waals surface area contributed by atoms with Crippen LogP contribution in [0.3, 0.4) is 0 Å². The van der Waals surface area contributed by atoms with Crippen LogP contribution in [0.5, 0.6) is 0 Å². The van der Waals surface area contributed by atoms with Crippen LogP contribution in [0, 0.1) is 0 Å². The molecule has 0 bridgehead atoms. The highest BCUT2D eigenvalue weighted by Crippen LogP contribution is 2.23. The third-order valence-corrected chi connectivity index (χ3v) is 6.51. The van der Waals surface area contributed by atoms with Gasteiger partial charge in [0.25, 0.3) is 0 Å². The quantitative estimate of drug-likeness (QED) is 0.205. The fraction of sp³-hybridized carbons (Fsp3) is 0.759. The molecule has 1 aromatic rings. The molecule has 1 amide bonds. The van der Waals surface area contributed by atoms with Gasteiger partial charge in [0.2, 0.25) is 0 Å². The van der Waals surface area contributed by atoms with Gasteiger partial charge in [-0.2, -0.15) is 0 Å². The molecule has 1 fully saturated rings. The first-order chi connectivity index (χ1) is 16.8. The average molecular weight is 476 g/mol. The van der Waals surface area contributed by atoms with E-state index in [1.165, 1.54) is 89.9 Å². The van der Waals surface area contributed by atoms with E-state index in [2.05, 4.69) is 12.2 Å². The summed E-state index contributed by atoms with van der Waals surface area (Å²) < 4.78 is 16.8. The molecule has 1 aromatic carbocycles. The average Bonchev–Trinajstić information content (AvgIpc) is 2.87. The van der Waals surface area contributed by atoms with E-state index in [0.29, 0.717) is 19.8 Å². The van der Waals surface area contributed by atoms with Crippen molar-refractivity contribution in [3.05, 3.63) is 35.9 Å². The molecule has 0 spiro atoms. The predicted molar refractivity (Wildman–Crippen MR) is 139 cm³/mol. The van der Waals surface area contributed by atoms with Crippen molar-refractivity contribution in [1.29, 1.82) is 0 Å². The Labute approximate surface area is 208 Å². The lowest BCUT2D eigenvalue weighted by Gasteiger charge is -2.29. The van der Waals surface area contributed by atoms with Gasteiger partial charge in [-0.3, -0.25) is 0 Å². The summed E-state index contributed by atoms with van der Waals surface area (Å²) in [6.07, 6.45) is 20.4. The van der Waals surface area contributed by atoms with E-state index in [9.17, 15) is 4.79 Å². The van der Waals surface area contributed by atoms with Crippen molar-refractivity contribution in [2.24, 2.45) is 0 Å². The maximum Gasteiger partial charge on any atom is 0.407 e. The largest absolute Gasteiger partial charge is 0.441 e. The number of nitrogens with one attached hydrogen (secondary N) is 1. The van der Waals surface area contributed by atoms with Gasteiger partial charge < -0.3 is 19.5 Å². The molecule has 1 aliphatic heterocycles. The van der Waals surface area contributed by atoms with Gasteiger partial charge in [0.05, 0.1) is 13.2 Å². The maximum absolute atomic E-state index is 12.0. The van der Waals surface area contributed by atoms with E-state index in [4.69, 9.17) is 14.2 Å². The molecule has 0 radical (unpaired) electrons. The highest BCUT2D eigenvalue weighted by molar-refractivity contribution is 5.67. The molecule has 0 atom stereocenters. The lowest BCUT2D eigenvalue weighted by Crippen LogP contribution is -2.38. The summed E-state index contributed by atoms with van der Waals surface area (Å²) in [5.41, 5.74) is 0.980. The number of alkyl carbamates (subject to hydrolysis) is 1. The topological polar surface area (TPSA) is 56.8 Å². The van der Waals surface area contributed by atoms with Gasteiger partial charge in [0, 0.05) is 12.1 Å². The summed E-state index contributed by atoms with van der Waals surface area (Å²) in [6, 6.07) is 9.81. The van der Waals surface area contributed by atoms with Crippen LogP contribution in [-0.4, -0.2) is 32.0 Å². The summed E-state index contributed by atoms with van der Waals surface area (Å²) in [7, 11) is 0. The monoisotopic (exact) mass is 475 g/mol. The fourth-order valence-electron chi connectivity index (χ4n) is 4.41. The van der Waals surface area contributed by atoms with Crippen molar-refractivity contribution < 1.29 is 19.0 Å². The lowest BCUT2D eigenvalue weighted by atomic mass is 10.0. The SMILES string of the molecule is CCCCCCCCCCCCCCCCCCNC(=O)OC1COC(c2ccccc2)OC1. The third-order valence-electron chi connectivity index (χ3n) is 6.51. The first kappa shape index (κ1) is 28.6. The Kier molecular flexibility index (Phi) is 16.6. The Morgan fingerprint density at radius 3 is 1.74 bits per heavy atom. The van der Waals surface area contributed by atoms with E-state index in [1.807, 2.05) is 30.3 Å². The minimum atomic E-state index is -0.380. The molecule has 5 heteroatoms. The van der Waals surface area contributed by atoms with Crippen LogP contribution in [0.4, 0.5) is 4.79 Å². The van der Waals surface area contributed by atoms with E-state index in [0.717, 1.165) is 18.4 Å². The van der Waals surface area contributed by atoms with Crippen LogP contribution in [0.15, 0.2) is 30.3 Å². The highest BCUT2D eigenvalue weighted by atomic mass is 16.7. The molecule has 1 heterocycles. The Morgan fingerprint density at radius 2 is 1.24 bits per heavy atom. The minimum Gasteiger partial charge on any atom is -0.441 e. The molecule has 194 valence electrons. The molecule has 1 N–H and O–H groups in total. The zero-order chi connectivity index (χ0) is 24.1. The maximum atomic E-state index is 12.0. The van der Waals surface area contributed by atoms with Gasteiger partial charge in [0.15, 0.2) is 12.4 Å². The first-order valence-corrected chi connectivity index (χ1v) is 14.0. The second kappa shape index (κ2) is 19.7. The summed E-state index contributed by atoms with van der Waals surface area (Å²) >= 11 is 0. The molecular formula is C29H49NO4. The third kappa shape index (κ3) is 14.0. The summed E-state index contributed by atoms with van der Waals surface area (Å²) in [5, 5.41) is 2.85.